The maximum atomic E-state index is 13.3. The molecule has 1 fully saturated rings. The number of hydrogen-bond donors (Lipinski definition) is 1. The molecule has 1 N–H and O–H groups in total. The molecule has 2 aliphatic rings. The van der Waals surface area contributed by atoms with Crippen LogP contribution in [0.25, 0.3) is 10.8 Å². The number of rotatable bonds is 4. The molecular weight excluding hydrogens is 435 g/mol. The third-order valence-corrected chi connectivity index (χ3v) is 6.83. The minimum Gasteiger partial charge on any atom is -0.508 e. The second-order valence-corrected chi connectivity index (χ2v) is 8.84. The van der Waals surface area contributed by atoms with Crippen LogP contribution in [0.15, 0.2) is 48.8 Å². The first-order valence-corrected chi connectivity index (χ1v) is 11.5. The van der Waals surface area contributed by atoms with Crippen LogP contribution in [0.1, 0.15) is 29.2 Å². The van der Waals surface area contributed by atoms with Crippen molar-refractivity contribution < 1.29 is 19.0 Å². The van der Waals surface area contributed by atoms with Crippen molar-refractivity contribution in [2.24, 2.45) is 0 Å². The maximum absolute atomic E-state index is 13.3. The molecule has 0 radical (unpaired) electrons. The lowest BCUT2D eigenvalue weighted by Crippen LogP contribution is -2.49. The van der Waals surface area contributed by atoms with Crippen LogP contribution in [-0.2, 0) is 17.6 Å². The number of aromatic hydroxyl groups is 1. The molecule has 8 heteroatoms. The van der Waals surface area contributed by atoms with E-state index in [0.717, 1.165) is 52.7 Å². The molecule has 1 saturated heterocycles. The van der Waals surface area contributed by atoms with Crippen molar-refractivity contribution in [1.29, 1.82) is 0 Å². The van der Waals surface area contributed by atoms with E-state index in [9.17, 15) is 14.3 Å². The van der Waals surface area contributed by atoms with Crippen molar-refractivity contribution >= 4 is 22.5 Å². The van der Waals surface area contributed by atoms with Crippen molar-refractivity contribution in [2.45, 2.75) is 25.2 Å². The minimum atomic E-state index is -0.931. The first kappa shape index (κ1) is 22.1. The van der Waals surface area contributed by atoms with Gasteiger partial charge in [0.2, 0.25) is 0 Å². The number of benzene rings is 2. The Labute approximate surface area is 197 Å². The molecule has 0 saturated carbocycles. The molecule has 0 bridgehead atoms. The average molecular weight is 463 g/mol. The summed E-state index contributed by atoms with van der Waals surface area (Å²) in [6, 6.07) is 12.1. The van der Waals surface area contributed by atoms with Gasteiger partial charge in [0.15, 0.2) is 5.83 Å². The highest BCUT2D eigenvalue weighted by molar-refractivity contribution is 5.90. The van der Waals surface area contributed by atoms with Gasteiger partial charge in [-0.2, -0.15) is 9.97 Å². The van der Waals surface area contributed by atoms with Gasteiger partial charge < -0.3 is 19.6 Å². The minimum absolute atomic E-state index is 0.210. The number of fused-ring (bicyclic) bond motifs is 2. The van der Waals surface area contributed by atoms with E-state index >= 15 is 0 Å². The molecule has 7 nitrogen and oxygen atoms in total. The van der Waals surface area contributed by atoms with Gasteiger partial charge in [0.05, 0.1) is 12.8 Å². The summed E-state index contributed by atoms with van der Waals surface area (Å²) >= 11 is 0. The predicted octanol–water partition coefficient (Wildman–Crippen LogP) is 3.75. The quantitative estimate of drug-likeness (QED) is 0.595. The fraction of sp³-hybridized carbons (Fsp3) is 0.346. The molecule has 34 heavy (non-hydrogen) atoms. The fourth-order valence-electron chi connectivity index (χ4n) is 5.15. The zero-order chi connectivity index (χ0) is 23.8. The number of anilines is 1. The van der Waals surface area contributed by atoms with Crippen LogP contribution in [0.5, 0.6) is 11.8 Å². The molecule has 1 amide bonds. The Bertz CT molecular complexity index is 1270. The molecular formula is C26H27FN4O3. The van der Waals surface area contributed by atoms with Gasteiger partial charge in [-0.05, 0) is 53.6 Å². The average Bonchev–Trinajstić information content (AvgIpc) is 2.86. The van der Waals surface area contributed by atoms with Crippen molar-refractivity contribution in [3.63, 3.8) is 0 Å². The zero-order valence-corrected chi connectivity index (χ0v) is 19.1. The second kappa shape index (κ2) is 8.93. The maximum Gasteiger partial charge on any atom is 0.318 e. The normalized spacial score (nSPS) is 18.0. The Hall–Kier alpha value is -3.68. The highest BCUT2D eigenvalue weighted by Gasteiger charge is 2.30. The van der Waals surface area contributed by atoms with Crippen LogP contribution < -0.4 is 9.64 Å². The molecule has 0 spiro atoms. The van der Waals surface area contributed by atoms with Crippen LogP contribution >= 0.6 is 0 Å². The smallest absolute Gasteiger partial charge is 0.318 e. The van der Waals surface area contributed by atoms with Gasteiger partial charge in [0.25, 0.3) is 5.91 Å². The summed E-state index contributed by atoms with van der Waals surface area (Å²) in [6.45, 7) is 5.02. The topological polar surface area (TPSA) is 78.8 Å². The summed E-state index contributed by atoms with van der Waals surface area (Å²) in [6.07, 6.45) is 2.42. The molecule has 2 aromatic carbocycles. The standard InChI is InChI=1S/C26H27FN4O3/c1-16(27)25(33)31-11-9-30(10-12-31)24-21-8-7-18(14-23(21)28-26(29-24)34-2)22-15-19(32)13-17-5-3-4-6-20(17)22/h3-6,13,15,18,32H,1,7-12,14H2,2H3. The third-order valence-electron chi connectivity index (χ3n) is 6.83. The van der Waals surface area contributed by atoms with Crippen LogP contribution in [-0.4, -0.2) is 59.2 Å². The van der Waals surface area contributed by atoms with Gasteiger partial charge in [0.1, 0.15) is 11.6 Å². The lowest BCUT2D eigenvalue weighted by Gasteiger charge is -2.37. The Balaban J connectivity index is 1.44. The largest absolute Gasteiger partial charge is 0.508 e. The molecule has 176 valence electrons. The molecule has 2 heterocycles. The van der Waals surface area contributed by atoms with Crippen LogP contribution in [0.4, 0.5) is 10.2 Å². The summed E-state index contributed by atoms with van der Waals surface area (Å²) in [5.41, 5.74) is 3.16. The van der Waals surface area contributed by atoms with E-state index in [1.807, 2.05) is 24.3 Å². The Kier molecular flexibility index (Phi) is 5.81. The number of hydrogen-bond acceptors (Lipinski definition) is 6. The van der Waals surface area contributed by atoms with E-state index in [4.69, 9.17) is 4.74 Å². The summed E-state index contributed by atoms with van der Waals surface area (Å²) in [5, 5.41) is 12.5. The first-order valence-electron chi connectivity index (χ1n) is 11.5. The SMILES string of the molecule is C=C(F)C(=O)N1CCN(c2nc(OC)nc3c2CCC(c2cc(O)cc4ccccc24)C3)CC1. The summed E-state index contributed by atoms with van der Waals surface area (Å²) in [7, 11) is 1.55. The first-order chi connectivity index (χ1) is 16.4. The highest BCUT2D eigenvalue weighted by Crippen LogP contribution is 2.40. The number of ether oxygens (including phenoxy) is 1. The van der Waals surface area contributed by atoms with E-state index in [-0.39, 0.29) is 11.7 Å². The van der Waals surface area contributed by atoms with Gasteiger partial charge in [-0.25, -0.2) is 4.39 Å². The molecule has 1 atom stereocenters. The fourth-order valence-corrected chi connectivity index (χ4v) is 5.15. The van der Waals surface area contributed by atoms with Gasteiger partial charge in [-0.1, -0.05) is 30.8 Å². The molecule has 1 aromatic heterocycles. The monoisotopic (exact) mass is 462 g/mol. The molecule has 1 aliphatic carbocycles. The Morgan fingerprint density at radius 2 is 1.94 bits per heavy atom. The number of halogens is 1. The number of piperazine rings is 1. The molecule has 3 aromatic rings. The van der Waals surface area contributed by atoms with E-state index < -0.39 is 11.7 Å². The number of amides is 1. The van der Waals surface area contributed by atoms with Gasteiger partial charge in [-0.3, -0.25) is 4.79 Å². The highest BCUT2D eigenvalue weighted by atomic mass is 19.1. The van der Waals surface area contributed by atoms with Crippen molar-refractivity contribution in [3.8, 4) is 11.8 Å². The number of nitrogens with zero attached hydrogens (tertiary/aromatic N) is 4. The number of phenols is 1. The third kappa shape index (κ3) is 4.04. The Morgan fingerprint density at radius 3 is 2.68 bits per heavy atom. The number of phenolic OH excluding ortho intramolecular Hbond substituents is 1. The van der Waals surface area contributed by atoms with Crippen LogP contribution in [0.3, 0.4) is 0 Å². The van der Waals surface area contributed by atoms with E-state index in [0.29, 0.717) is 32.2 Å². The number of methoxy groups -OCH3 is 1. The Morgan fingerprint density at radius 1 is 1.18 bits per heavy atom. The number of carbonyl (C=O) groups excluding carboxylic acids is 1. The van der Waals surface area contributed by atoms with Crippen molar-refractivity contribution in [1.82, 2.24) is 14.9 Å². The van der Waals surface area contributed by atoms with E-state index in [1.54, 1.807) is 13.2 Å². The number of aromatic nitrogens is 2. The number of carbonyl (C=O) groups is 1. The van der Waals surface area contributed by atoms with Gasteiger partial charge in [-0.15, -0.1) is 0 Å². The molecule has 1 aliphatic heterocycles. The van der Waals surface area contributed by atoms with Gasteiger partial charge in [0, 0.05) is 31.7 Å². The predicted molar refractivity (Wildman–Crippen MR) is 128 cm³/mol. The van der Waals surface area contributed by atoms with E-state index in [1.165, 1.54) is 4.90 Å². The lowest BCUT2D eigenvalue weighted by molar-refractivity contribution is -0.128. The van der Waals surface area contributed by atoms with Gasteiger partial charge >= 0.3 is 6.01 Å². The lowest BCUT2D eigenvalue weighted by atomic mass is 9.80. The molecule has 5 rings (SSSR count). The van der Waals surface area contributed by atoms with Crippen molar-refractivity contribution in [3.05, 3.63) is 65.6 Å². The summed E-state index contributed by atoms with van der Waals surface area (Å²) < 4.78 is 18.7. The van der Waals surface area contributed by atoms with Crippen LogP contribution in [0.2, 0.25) is 0 Å². The summed E-state index contributed by atoms with van der Waals surface area (Å²) in [5.74, 6) is -0.277. The van der Waals surface area contributed by atoms with Crippen molar-refractivity contribution in [2.75, 3.05) is 38.2 Å². The van der Waals surface area contributed by atoms with Crippen LogP contribution in [0, 0.1) is 0 Å². The second-order valence-electron chi connectivity index (χ2n) is 8.84. The summed E-state index contributed by atoms with van der Waals surface area (Å²) in [4.78, 5) is 24.9. The van der Waals surface area contributed by atoms with E-state index in [2.05, 4.69) is 27.5 Å². The molecule has 1 unspecified atom stereocenters. The zero-order valence-electron chi connectivity index (χ0n) is 19.1.